The molecule has 0 saturated heterocycles. The van der Waals surface area contributed by atoms with E-state index in [2.05, 4.69) is 21.9 Å². The van der Waals surface area contributed by atoms with Crippen molar-refractivity contribution < 1.29 is 9.84 Å². The summed E-state index contributed by atoms with van der Waals surface area (Å²) in [5, 5.41) is 22.0. The summed E-state index contributed by atoms with van der Waals surface area (Å²) in [6, 6.07) is 12.5. The number of hydrogen-bond donors (Lipinski definition) is 3. The molecule has 0 bridgehead atoms. The highest BCUT2D eigenvalue weighted by Gasteiger charge is 2.20. The number of aliphatic hydroxyl groups excluding tert-OH is 1. The average molecular weight is 433 g/mol. The molecule has 168 valence electrons. The molecule has 1 aliphatic carbocycles. The zero-order valence-corrected chi connectivity index (χ0v) is 19.1. The van der Waals surface area contributed by atoms with Crippen LogP contribution in [0.1, 0.15) is 62.8 Å². The first kappa shape index (κ1) is 21.9. The first-order valence-corrected chi connectivity index (χ1v) is 11.3. The Morgan fingerprint density at radius 1 is 1.16 bits per heavy atom. The number of methoxy groups -OCH3 is 1. The number of allylic oxidation sites excluding steroid dienone is 2. The number of rotatable bonds is 7. The van der Waals surface area contributed by atoms with Crippen LogP contribution in [-0.4, -0.2) is 33.4 Å². The second kappa shape index (κ2) is 9.47. The minimum absolute atomic E-state index is 0.146. The maximum absolute atomic E-state index is 10.1. The van der Waals surface area contributed by atoms with E-state index in [0.717, 1.165) is 28.5 Å². The van der Waals surface area contributed by atoms with E-state index < -0.39 is 0 Å². The Bertz CT molecular complexity index is 1130. The summed E-state index contributed by atoms with van der Waals surface area (Å²) in [6.45, 7) is 3.31. The van der Waals surface area contributed by atoms with Gasteiger partial charge in [-0.3, -0.25) is 4.40 Å². The van der Waals surface area contributed by atoms with Crippen molar-refractivity contribution in [1.29, 1.82) is 5.41 Å². The lowest BCUT2D eigenvalue weighted by Crippen LogP contribution is -2.23. The van der Waals surface area contributed by atoms with Gasteiger partial charge in [-0.1, -0.05) is 31.4 Å². The van der Waals surface area contributed by atoms with Gasteiger partial charge in [0.05, 0.1) is 18.6 Å². The lowest BCUT2D eigenvalue weighted by Gasteiger charge is -2.24. The molecule has 0 atom stereocenters. The number of aliphatic hydroxyl groups is 1. The van der Waals surface area contributed by atoms with Gasteiger partial charge >= 0.3 is 0 Å². The molecule has 2 aromatic heterocycles. The summed E-state index contributed by atoms with van der Waals surface area (Å²) in [5.41, 5.74) is 4.66. The van der Waals surface area contributed by atoms with Crippen LogP contribution in [0.3, 0.4) is 0 Å². The fraction of sp³-hybridized carbons (Fsp3) is 0.385. The Balaban J connectivity index is 1.75. The van der Waals surface area contributed by atoms with Crippen LogP contribution >= 0.6 is 0 Å². The van der Waals surface area contributed by atoms with Gasteiger partial charge in [0.1, 0.15) is 17.2 Å². The molecule has 0 spiro atoms. The molecule has 6 nitrogen and oxygen atoms in total. The number of benzene rings is 1. The monoisotopic (exact) mass is 432 g/mol. The quantitative estimate of drug-likeness (QED) is 0.315. The fourth-order valence-electron chi connectivity index (χ4n) is 4.60. The van der Waals surface area contributed by atoms with Crippen LogP contribution in [0.25, 0.3) is 11.2 Å². The summed E-state index contributed by atoms with van der Waals surface area (Å²) in [5.74, 6) is 2.02. The highest BCUT2D eigenvalue weighted by molar-refractivity contribution is 6.21. The summed E-state index contributed by atoms with van der Waals surface area (Å²) < 4.78 is 7.39. The number of imidazole rings is 1. The SMILES string of the molecule is COc1ccc(Cc2nc3cc(/C(C(C)=N)=C(\C)O)ccn3c2NC2CCCCC2)cc1. The van der Waals surface area contributed by atoms with Gasteiger partial charge in [-0.2, -0.15) is 0 Å². The Kier molecular flexibility index (Phi) is 6.49. The average Bonchev–Trinajstić information content (AvgIpc) is 3.10. The Hall–Kier alpha value is -3.28. The molecule has 3 N–H and O–H groups in total. The van der Waals surface area contributed by atoms with E-state index in [-0.39, 0.29) is 5.76 Å². The molecule has 0 amide bonds. The fourth-order valence-corrected chi connectivity index (χ4v) is 4.60. The van der Waals surface area contributed by atoms with Crippen molar-refractivity contribution in [3.8, 4) is 5.75 Å². The van der Waals surface area contributed by atoms with E-state index in [1.165, 1.54) is 37.7 Å². The predicted molar refractivity (Wildman–Crippen MR) is 130 cm³/mol. The topological polar surface area (TPSA) is 82.6 Å². The molecule has 1 saturated carbocycles. The molecule has 0 unspecified atom stereocenters. The Morgan fingerprint density at radius 3 is 2.50 bits per heavy atom. The van der Waals surface area contributed by atoms with E-state index in [4.69, 9.17) is 15.1 Å². The smallest absolute Gasteiger partial charge is 0.139 e. The lowest BCUT2D eigenvalue weighted by molar-refractivity contribution is 0.414. The van der Waals surface area contributed by atoms with Crippen molar-refractivity contribution in [2.24, 2.45) is 0 Å². The van der Waals surface area contributed by atoms with E-state index in [1.54, 1.807) is 21.0 Å². The van der Waals surface area contributed by atoms with Crippen LogP contribution in [0.15, 0.2) is 48.4 Å². The van der Waals surface area contributed by atoms with Crippen LogP contribution in [0.4, 0.5) is 5.82 Å². The Morgan fingerprint density at radius 2 is 1.88 bits per heavy atom. The van der Waals surface area contributed by atoms with Gasteiger partial charge in [-0.05, 0) is 62.1 Å². The molecular weight excluding hydrogens is 400 g/mol. The third-order valence-corrected chi connectivity index (χ3v) is 6.20. The molecule has 2 heterocycles. The minimum atomic E-state index is 0.146. The van der Waals surface area contributed by atoms with Gasteiger partial charge in [0, 0.05) is 29.9 Å². The number of fused-ring (bicyclic) bond motifs is 1. The third kappa shape index (κ3) is 4.64. The lowest BCUT2D eigenvalue weighted by atomic mass is 9.95. The van der Waals surface area contributed by atoms with E-state index >= 15 is 0 Å². The maximum atomic E-state index is 10.1. The summed E-state index contributed by atoms with van der Waals surface area (Å²) in [7, 11) is 1.67. The van der Waals surface area contributed by atoms with Gasteiger partial charge in [0.25, 0.3) is 0 Å². The summed E-state index contributed by atoms with van der Waals surface area (Å²) in [6.07, 6.45) is 8.89. The standard InChI is InChI=1S/C26H32N4O2/c1-17(27)25(18(2)31)20-13-14-30-24(16-20)29-23(15-19-9-11-22(32-3)12-10-19)26(30)28-21-7-5-4-6-8-21/h9-14,16,21,27-28,31H,4-8,15H2,1-3H3/b25-18+,27-17?. The highest BCUT2D eigenvalue weighted by atomic mass is 16.5. The minimum Gasteiger partial charge on any atom is -0.512 e. The molecule has 1 aromatic carbocycles. The number of nitrogens with zero attached hydrogens (tertiary/aromatic N) is 2. The normalized spacial score (nSPS) is 15.5. The molecule has 1 fully saturated rings. The number of pyridine rings is 1. The Labute approximate surface area is 189 Å². The molecule has 6 heteroatoms. The van der Waals surface area contributed by atoms with Crippen LogP contribution in [0, 0.1) is 5.41 Å². The predicted octanol–water partition coefficient (Wildman–Crippen LogP) is 6.01. The van der Waals surface area contributed by atoms with Crippen LogP contribution < -0.4 is 10.1 Å². The van der Waals surface area contributed by atoms with E-state index in [0.29, 0.717) is 23.7 Å². The first-order valence-electron chi connectivity index (χ1n) is 11.3. The number of ether oxygens (including phenoxy) is 1. The number of nitrogens with one attached hydrogen (secondary N) is 2. The largest absolute Gasteiger partial charge is 0.512 e. The molecule has 1 aliphatic rings. The number of hydrogen-bond acceptors (Lipinski definition) is 5. The van der Waals surface area contributed by atoms with Crippen LogP contribution in [0.5, 0.6) is 5.75 Å². The van der Waals surface area contributed by atoms with Crippen molar-refractivity contribution in [2.75, 3.05) is 12.4 Å². The molecular formula is C26H32N4O2. The van der Waals surface area contributed by atoms with Crippen LogP contribution in [0.2, 0.25) is 0 Å². The van der Waals surface area contributed by atoms with E-state index in [1.807, 2.05) is 30.5 Å². The third-order valence-electron chi connectivity index (χ3n) is 6.20. The van der Waals surface area contributed by atoms with Gasteiger partial charge in [-0.15, -0.1) is 0 Å². The van der Waals surface area contributed by atoms with Crippen molar-refractivity contribution in [1.82, 2.24) is 9.38 Å². The molecule has 4 rings (SSSR count). The van der Waals surface area contributed by atoms with Crippen molar-refractivity contribution in [3.63, 3.8) is 0 Å². The zero-order chi connectivity index (χ0) is 22.7. The summed E-state index contributed by atoms with van der Waals surface area (Å²) in [4.78, 5) is 4.97. The van der Waals surface area contributed by atoms with Crippen molar-refractivity contribution in [3.05, 3.63) is 65.2 Å². The first-order chi connectivity index (χ1) is 15.5. The van der Waals surface area contributed by atoms with E-state index in [9.17, 15) is 5.11 Å². The van der Waals surface area contributed by atoms with Crippen molar-refractivity contribution >= 4 is 22.7 Å². The number of aromatic nitrogens is 2. The maximum Gasteiger partial charge on any atom is 0.139 e. The van der Waals surface area contributed by atoms with Gasteiger partial charge in [0.15, 0.2) is 0 Å². The zero-order valence-electron chi connectivity index (χ0n) is 19.1. The highest BCUT2D eigenvalue weighted by Crippen LogP contribution is 2.29. The van der Waals surface area contributed by atoms with Crippen molar-refractivity contribution in [2.45, 2.75) is 58.4 Å². The van der Waals surface area contributed by atoms with Gasteiger partial charge in [0.2, 0.25) is 0 Å². The summed E-state index contributed by atoms with van der Waals surface area (Å²) >= 11 is 0. The molecule has 3 aromatic rings. The molecule has 0 aliphatic heterocycles. The van der Waals surface area contributed by atoms with Gasteiger partial charge in [-0.25, -0.2) is 4.98 Å². The van der Waals surface area contributed by atoms with Gasteiger partial charge < -0.3 is 20.6 Å². The second-order valence-corrected chi connectivity index (χ2v) is 8.64. The molecule has 0 radical (unpaired) electrons. The van der Waals surface area contributed by atoms with Crippen LogP contribution in [-0.2, 0) is 6.42 Å². The molecule has 32 heavy (non-hydrogen) atoms. The second-order valence-electron chi connectivity index (χ2n) is 8.64. The number of anilines is 1.